The van der Waals surface area contributed by atoms with Gasteiger partial charge in [0, 0.05) is 16.1 Å². The minimum absolute atomic E-state index is 0.0953. The number of ether oxygens (including phenoxy) is 1. The largest absolute Gasteiger partial charge is 0.496 e. The van der Waals surface area contributed by atoms with Gasteiger partial charge in [0.2, 0.25) is 0 Å². The monoisotopic (exact) mass is 410 g/mol. The Kier molecular flexibility index (Phi) is 5.20. The van der Waals surface area contributed by atoms with E-state index >= 15 is 0 Å². The number of rotatable bonds is 4. The first-order valence-corrected chi connectivity index (χ1v) is 10.1. The third kappa shape index (κ3) is 3.68. The number of anilines is 1. The number of methoxy groups -OCH3 is 1. The van der Waals surface area contributed by atoms with Crippen LogP contribution in [0, 0.1) is 6.92 Å². The lowest BCUT2D eigenvalue weighted by molar-refractivity contribution is -0.116. The molecule has 1 aliphatic heterocycles. The summed E-state index contributed by atoms with van der Waals surface area (Å²) in [4.78, 5) is 13.2. The Morgan fingerprint density at radius 2 is 1.93 bits per heavy atom. The molecule has 4 rings (SSSR count). The van der Waals surface area contributed by atoms with Crippen molar-refractivity contribution in [3.05, 3.63) is 75.7 Å². The molecule has 0 aliphatic carbocycles. The molecule has 0 radical (unpaired) electrons. The van der Waals surface area contributed by atoms with Crippen molar-refractivity contribution in [1.29, 1.82) is 0 Å². The Morgan fingerprint density at radius 3 is 2.71 bits per heavy atom. The molecular formula is C22H19ClN2O2S. The molecule has 1 saturated heterocycles. The minimum Gasteiger partial charge on any atom is -0.496 e. The quantitative estimate of drug-likeness (QED) is 0.564. The number of carbonyl (C=O) groups is 1. The molecule has 1 unspecified atom stereocenters. The second-order valence-corrected chi connectivity index (χ2v) is 8.07. The molecule has 1 amide bonds. The van der Waals surface area contributed by atoms with Crippen molar-refractivity contribution in [3.63, 3.8) is 0 Å². The molecule has 1 atom stereocenters. The van der Waals surface area contributed by atoms with Gasteiger partial charge in [0.1, 0.15) is 5.75 Å². The Hall–Kier alpha value is -2.63. The SMILES string of the molecule is COc1ccc(/C=C2\SC(Nc3cc(Cl)ccc3C)NC2=O)c2ccccc12. The van der Waals surface area contributed by atoms with Gasteiger partial charge in [-0.3, -0.25) is 4.79 Å². The van der Waals surface area contributed by atoms with Crippen LogP contribution in [0.25, 0.3) is 16.8 Å². The maximum Gasteiger partial charge on any atom is 0.260 e. The van der Waals surface area contributed by atoms with E-state index in [2.05, 4.69) is 10.6 Å². The minimum atomic E-state index is -0.250. The number of thioether (sulfide) groups is 1. The molecule has 142 valence electrons. The molecule has 0 saturated carbocycles. The summed E-state index contributed by atoms with van der Waals surface area (Å²) in [6.45, 7) is 2.00. The fraction of sp³-hybridized carbons (Fsp3) is 0.136. The molecule has 4 nitrogen and oxygen atoms in total. The molecule has 2 N–H and O–H groups in total. The lowest BCUT2D eigenvalue weighted by Crippen LogP contribution is -2.31. The summed E-state index contributed by atoms with van der Waals surface area (Å²) < 4.78 is 5.45. The third-order valence-corrected chi connectivity index (χ3v) is 5.90. The normalized spacial score (nSPS) is 17.8. The summed E-state index contributed by atoms with van der Waals surface area (Å²) >= 11 is 7.55. The predicted octanol–water partition coefficient (Wildman–Crippen LogP) is 5.41. The summed E-state index contributed by atoms with van der Waals surface area (Å²) in [6.07, 6.45) is 1.92. The number of fused-ring (bicyclic) bond motifs is 1. The van der Waals surface area contributed by atoms with Crippen LogP contribution in [0.15, 0.2) is 59.5 Å². The fourth-order valence-corrected chi connectivity index (χ4v) is 4.33. The first-order chi connectivity index (χ1) is 13.5. The fourth-order valence-electron chi connectivity index (χ4n) is 3.20. The van der Waals surface area contributed by atoms with Crippen molar-refractivity contribution < 1.29 is 9.53 Å². The average molecular weight is 411 g/mol. The lowest BCUT2D eigenvalue weighted by Gasteiger charge is -2.15. The van der Waals surface area contributed by atoms with Crippen molar-refractivity contribution in [3.8, 4) is 5.75 Å². The van der Waals surface area contributed by atoms with Crippen molar-refractivity contribution >= 4 is 51.8 Å². The standard InChI is InChI=1S/C22H19ClN2O2S/c1-13-7-9-15(23)12-18(13)24-22-25-21(26)20(28-22)11-14-8-10-19(27-2)17-6-4-3-5-16(14)17/h3-12,22,24H,1-2H3,(H,25,26)/b20-11-. The van der Waals surface area contributed by atoms with Gasteiger partial charge >= 0.3 is 0 Å². The molecule has 28 heavy (non-hydrogen) atoms. The van der Waals surface area contributed by atoms with Crippen LogP contribution in [0.5, 0.6) is 5.75 Å². The van der Waals surface area contributed by atoms with E-state index < -0.39 is 0 Å². The second-order valence-electron chi connectivity index (χ2n) is 6.49. The topological polar surface area (TPSA) is 50.4 Å². The van der Waals surface area contributed by atoms with Gasteiger partial charge in [-0.25, -0.2) is 0 Å². The number of halogens is 1. The zero-order valence-corrected chi connectivity index (χ0v) is 17.0. The van der Waals surface area contributed by atoms with Crippen molar-refractivity contribution in [2.75, 3.05) is 12.4 Å². The molecule has 3 aromatic rings. The summed E-state index contributed by atoms with van der Waals surface area (Å²) in [5.41, 5.74) is 2.70. The average Bonchev–Trinajstić information content (AvgIpc) is 3.04. The van der Waals surface area contributed by atoms with Gasteiger partial charge in [0.05, 0.1) is 12.0 Å². The Bertz CT molecular complexity index is 1100. The van der Waals surface area contributed by atoms with E-state index in [4.69, 9.17) is 16.3 Å². The molecule has 1 aliphatic rings. The molecule has 6 heteroatoms. The highest BCUT2D eigenvalue weighted by Gasteiger charge is 2.27. The predicted molar refractivity (Wildman–Crippen MR) is 118 cm³/mol. The molecule has 1 fully saturated rings. The Labute approximate surface area is 172 Å². The number of benzene rings is 3. The second kappa shape index (κ2) is 7.78. The zero-order chi connectivity index (χ0) is 19.7. The van der Waals surface area contributed by atoms with Gasteiger partial charge in [0.15, 0.2) is 5.50 Å². The number of nitrogens with one attached hydrogen (secondary N) is 2. The molecule has 1 heterocycles. The van der Waals surface area contributed by atoms with E-state index in [0.717, 1.165) is 33.3 Å². The summed E-state index contributed by atoms with van der Waals surface area (Å²) in [6, 6.07) is 17.6. The number of hydrogen-bond acceptors (Lipinski definition) is 4. The van der Waals surface area contributed by atoms with Crippen LogP contribution < -0.4 is 15.4 Å². The summed E-state index contributed by atoms with van der Waals surface area (Å²) in [5, 5.41) is 9.03. The molecular weight excluding hydrogens is 392 g/mol. The summed E-state index contributed by atoms with van der Waals surface area (Å²) in [5.74, 6) is 0.722. The van der Waals surface area contributed by atoms with Crippen LogP contribution in [0.2, 0.25) is 5.02 Å². The van der Waals surface area contributed by atoms with Crippen LogP contribution in [0.4, 0.5) is 5.69 Å². The van der Waals surface area contributed by atoms with Gasteiger partial charge < -0.3 is 15.4 Å². The van der Waals surface area contributed by atoms with E-state index in [1.54, 1.807) is 7.11 Å². The van der Waals surface area contributed by atoms with E-state index in [1.807, 2.05) is 67.6 Å². The van der Waals surface area contributed by atoms with Gasteiger partial charge in [-0.15, -0.1) is 0 Å². The number of hydrogen-bond donors (Lipinski definition) is 2. The van der Waals surface area contributed by atoms with E-state index in [0.29, 0.717) is 9.93 Å². The van der Waals surface area contributed by atoms with E-state index in [9.17, 15) is 4.79 Å². The van der Waals surface area contributed by atoms with Gasteiger partial charge in [-0.05, 0) is 47.7 Å². The van der Waals surface area contributed by atoms with Crippen LogP contribution in [-0.2, 0) is 4.79 Å². The molecule has 0 bridgehead atoms. The Morgan fingerprint density at radius 1 is 1.14 bits per heavy atom. The van der Waals surface area contributed by atoms with E-state index in [1.165, 1.54) is 11.8 Å². The Balaban J connectivity index is 1.62. The first kappa shape index (κ1) is 18.7. The third-order valence-electron chi connectivity index (χ3n) is 4.64. The van der Waals surface area contributed by atoms with Crippen LogP contribution in [-0.4, -0.2) is 18.5 Å². The van der Waals surface area contributed by atoms with Crippen molar-refractivity contribution in [2.24, 2.45) is 0 Å². The molecule has 3 aromatic carbocycles. The van der Waals surface area contributed by atoms with Gasteiger partial charge in [0.25, 0.3) is 5.91 Å². The maximum atomic E-state index is 12.5. The summed E-state index contributed by atoms with van der Waals surface area (Å²) in [7, 11) is 1.66. The van der Waals surface area contributed by atoms with Crippen molar-refractivity contribution in [1.82, 2.24) is 5.32 Å². The first-order valence-electron chi connectivity index (χ1n) is 8.83. The lowest BCUT2D eigenvalue weighted by atomic mass is 10.0. The van der Waals surface area contributed by atoms with Gasteiger partial charge in [-0.2, -0.15) is 0 Å². The molecule has 0 aromatic heterocycles. The smallest absolute Gasteiger partial charge is 0.260 e. The van der Waals surface area contributed by atoms with Crippen LogP contribution >= 0.6 is 23.4 Å². The van der Waals surface area contributed by atoms with E-state index in [-0.39, 0.29) is 11.4 Å². The number of amides is 1. The number of aryl methyl sites for hydroxylation is 1. The van der Waals surface area contributed by atoms with Gasteiger partial charge in [-0.1, -0.05) is 59.8 Å². The zero-order valence-electron chi connectivity index (χ0n) is 15.5. The molecule has 0 spiro atoms. The van der Waals surface area contributed by atoms with Crippen LogP contribution in [0.1, 0.15) is 11.1 Å². The maximum absolute atomic E-state index is 12.5. The highest BCUT2D eigenvalue weighted by atomic mass is 35.5. The highest BCUT2D eigenvalue weighted by Crippen LogP contribution is 2.34. The number of carbonyl (C=O) groups excluding carboxylic acids is 1. The highest BCUT2D eigenvalue weighted by molar-refractivity contribution is 8.05. The van der Waals surface area contributed by atoms with Crippen molar-refractivity contribution in [2.45, 2.75) is 12.4 Å². The van der Waals surface area contributed by atoms with Crippen LogP contribution in [0.3, 0.4) is 0 Å².